The van der Waals surface area contributed by atoms with Gasteiger partial charge in [-0.25, -0.2) is 4.98 Å². The lowest BCUT2D eigenvalue weighted by molar-refractivity contribution is -0.116. The van der Waals surface area contributed by atoms with Crippen LogP contribution >= 0.6 is 12.2 Å². The third kappa shape index (κ3) is 5.43. The molecule has 1 aliphatic rings. The van der Waals surface area contributed by atoms with E-state index in [1.165, 1.54) is 0 Å². The van der Waals surface area contributed by atoms with Crippen LogP contribution in [-0.2, 0) is 4.79 Å². The molecule has 3 aromatic heterocycles. The summed E-state index contributed by atoms with van der Waals surface area (Å²) in [5, 5.41) is 7.21. The molecule has 4 heterocycles. The van der Waals surface area contributed by atoms with Crippen molar-refractivity contribution in [3.05, 3.63) is 106 Å². The van der Waals surface area contributed by atoms with E-state index in [-0.39, 0.29) is 18.0 Å². The third-order valence-electron chi connectivity index (χ3n) is 7.36. The number of pyridine rings is 2. The van der Waals surface area contributed by atoms with E-state index in [2.05, 4.69) is 63.0 Å². The van der Waals surface area contributed by atoms with Gasteiger partial charge in [0.1, 0.15) is 5.82 Å². The molecule has 0 bridgehead atoms. The summed E-state index contributed by atoms with van der Waals surface area (Å²) in [7, 11) is 0. The van der Waals surface area contributed by atoms with E-state index in [9.17, 15) is 4.79 Å². The fraction of sp³-hybridized carbons (Fsp3) is 0.290. The van der Waals surface area contributed by atoms with Gasteiger partial charge in [0.25, 0.3) is 0 Å². The van der Waals surface area contributed by atoms with Crippen LogP contribution in [0.15, 0.2) is 67.0 Å². The molecule has 2 atom stereocenters. The zero-order chi connectivity index (χ0) is 27.7. The van der Waals surface area contributed by atoms with E-state index < -0.39 is 0 Å². The van der Waals surface area contributed by atoms with Gasteiger partial charge in [0.05, 0.1) is 17.8 Å². The zero-order valence-corrected chi connectivity index (χ0v) is 23.8. The Morgan fingerprint density at radius 3 is 2.51 bits per heavy atom. The number of nitrogens with one attached hydrogen (secondary N) is 2. The Hall–Kier alpha value is -4.04. The maximum atomic E-state index is 13.0. The highest BCUT2D eigenvalue weighted by Crippen LogP contribution is 2.41. The van der Waals surface area contributed by atoms with E-state index in [0.29, 0.717) is 18.1 Å². The molecule has 0 unspecified atom stereocenters. The first-order chi connectivity index (χ1) is 18.7. The van der Waals surface area contributed by atoms with Crippen molar-refractivity contribution < 1.29 is 4.79 Å². The molecule has 4 aromatic rings. The molecule has 1 fully saturated rings. The number of benzene rings is 1. The molecule has 1 saturated heterocycles. The Kier molecular flexibility index (Phi) is 7.48. The summed E-state index contributed by atoms with van der Waals surface area (Å²) < 4.78 is 2.19. The maximum absolute atomic E-state index is 13.0. The van der Waals surface area contributed by atoms with Gasteiger partial charge in [-0.2, -0.15) is 0 Å². The molecule has 39 heavy (non-hydrogen) atoms. The molecule has 2 N–H and O–H groups in total. The first kappa shape index (κ1) is 26.6. The van der Waals surface area contributed by atoms with Crippen LogP contribution in [0.25, 0.3) is 5.82 Å². The van der Waals surface area contributed by atoms with Crippen LogP contribution in [0.1, 0.15) is 57.8 Å². The summed E-state index contributed by atoms with van der Waals surface area (Å²) in [6.07, 6.45) is 3.95. The zero-order valence-electron chi connectivity index (χ0n) is 23.0. The summed E-state index contributed by atoms with van der Waals surface area (Å²) in [5.41, 5.74) is 8.37. The molecule has 5 rings (SSSR count). The minimum absolute atomic E-state index is 0.0408. The highest BCUT2D eigenvalue weighted by Gasteiger charge is 2.41. The van der Waals surface area contributed by atoms with Crippen molar-refractivity contribution in [1.29, 1.82) is 0 Å². The molecule has 0 radical (unpaired) electrons. The standard InChI is InChI=1S/C31H34N6OS/c1-19-9-10-21(3)26(16-19)34-28(38)12-15-36-30(29(35-31(36)39)25-8-6-7-13-32-25)24-18-22(4)37(23(24)5)27-17-20(2)11-14-33-27/h6-11,13-14,16-18,29-30H,12,15H2,1-5H3,(H,34,38)(H,35,39)/t29-,30-/m1/s1. The van der Waals surface area contributed by atoms with E-state index in [1.807, 2.05) is 62.5 Å². The monoisotopic (exact) mass is 538 g/mol. The summed E-state index contributed by atoms with van der Waals surface area (Å²) in [6.45, 7) is 10.8. The van der Waals surface area contributed by atoms with Gasteiger partial charge in [-0.15, -0.1) is 0 Å². The van der Waals surface area contributed by atoms with Gasteiger partial charge in [-0.1, -0.05) is 18.2 Å². The Balaban J connectivity index is 1.47. The minimum atomic E-state index is -0.153. The first-order valence-corrected chi connectivity index (χ1v) is 13.6. The Morgan fingerprint density at radius 1 is 0.974 bits per heavy atom. The van der Waals surface area contributed by atoms with Gasteiger partial charge in [0.2, 0.25) is 5.91 Å². The smallest absolute Gasteiger partial charge is 0.226 e. The molecule has 8 heteroatoms. The molecule has 1 amide bonds. The molecule has 0 saturated carbocycles. The number of aromatic nitrogens is 3. The second-order valence-electron chi connectivity index (χ2n) is 10.3. The lowest BCUT2D eigenvalue weighted by atomic mass is 9.96. The second kappa shape index (κ2) is 11.0. The van der Waals surface area contributed by atoms with Crippen LogP contribution in [0, 0.1) is 34.6 Å². The van der Waals surface area contributed by atoms with Crippen molar-refractivity contribution in [2.75, 3.05) is 11.9 Å². The van der Waals surface area contributed by atoms with E-state index in [1.54, 1.807) is 6.20 Å². The van der Waals surface area contributed by atoms with E-state index in [4.69, 9.17) is 12.2 Å². The topological polar surface area (TPSA) is 75.1 Å². The lowest BCUT2D eigenvalue weighted by Crippen LogP contribution is -2.33. The molecule has 200 valence electrons. The number of anilines is 1. The van der Waals surface area contributed by atoms with Gasteiger partial charge in [0, 0.05) is 42.4 Å². The predicted molar refractivity (Wildman–Crippen MR) is 159 cm³/mol. The second-order valence-corrected chi connectivity index (χ2v) is 10.7. The van der Waals surface area contributed by atoms with Crippen molar-refractivity contribution in [2.45, 2.75) is 53.1 Å². The number of hydrogen-bond donors (Lipinski definition) is 2. The fourth-order valence-corrected chi connectivity index (χ4v) is 5.70. The number of thiocarbonyl (C=S) groups is 1. The third-order valence-corrected chi connectivity index (χ3v) is 7.72. The van der Waals surface area contributed by atoms with Crippen molar-refractivity contribution in [3.8, 4) is 5.82 Å². The number of rotatable bonds is 7. The molecule has 1 aromatic carbocycles. The van der Waals surface area contributed by atoms with Crippen LogP contribution in [0.5, 0.6) is 0 Å². The van der Waals surface area contributed by atoms with Gasteiger partial charge >= 0.3 is 0 Å². The van der Waals surface area contributed by atoms with E-state index in [0.717, 1.165) is 50.8 Å². The summed E-state index contributed by atoms with van der Waals surface area (Å²) >= 11 is 5.84. The highest BCUT2D eigenvalue weighted by atomic mass is 32.1. The fourth-order valence-electron chi connectivity index (χ4n) is 5.37. The number of aryl methyl sites for hydroxylation is 4. The van der Waals surface area contributed by atoms with Crippen molar-refractivity contribution in [2.24, 2.45) is 0 Å². The number of carbonyl (C=O) groups excluding carboxylic acids is 1. The largest absolute Gasteiger partial charge is 0.352 e. The molecular formula is C31H34N6OS. The SMILES string of the molecule is Cc1ccnc(-n2c(C)cc([C@@H]3[C@@H](c4ccccn4)NC(=S)N3CCC(=O)Nc3cc(C)ccc3C)c2C)c1. The van der Waals surface area contributed by atoms with Gasteiger partial charge < -0.3 is 20.1 Å². The van der Waals surface area contributed by atoms with Crippen molar-refractivity contribution in [1.82, 2.24) is 24.8 Å². The normalized spacial score (nSPS) is 16.8. The van der Waals surface area contributed by atoms with Crippen molar-refractivity contribution >= 4 is 28.9 Å². The van der Waals surface area contributed by atoms with Crippen molar-refractivity contribution in [3.63, 3.8) is 0 Å². The molecule has 1 aliphatic heterocycles. The van der Waals surface area contributed by atoms with Crippen LogP contribution in [0.3, 0.4) is 0 Å². The first-order valence-electron chi connectivity index (χ1n) is 13.2. The summed E-state index contributed by atoms with van der Waals surface area (Å²) in [4.78, 5) is 24.5. The van der Waals surface area contributed by atoms with Gasteiger partial charge in [0.15, 0.2) is 5.11 Å². The molecular weight excluding hydrogens is 504 g/mol. The highest BCUT2D eigenvalue weighted by molar-refractivity contribution is 7.80. The average Bonchev–Trinajstić information content (AvgIpc) is 3.39. The predicted octanol–water partition coefficient (Wildman–Crippen LogP) is 5.81. The quantitative estimate of drug-likeness (QED) is 0.289. The van der Waals surface area contributed by atoms with Crippen LogP contribution in [0.2, 0.25) is 0 Å². The van der Waals surface area contributed by atoms with Crippen LogP contribution in [-0.4, -0.2) is 37.0 Å². The summed E-state index contributed by atoms with van der Waals surface area (Å²) in [5.74, 6) is 0.847. The number of nitrogens with zero attached hydrogens (tertiary/aromatic N) is 4. The summed E-state index contributed by atoms with van der Waals surface area (Å²) in [6, 6.07) is 18.0. The average molecular weight is 539 g/mol. The lowest BCUT2D eigenvalue weighted by Gasteiger charge is -2.28. The number of carbonyl (C=O) groups is 1. The van der Waals surface area contributed by atoms with E-state index >= 15 is 0 Å². The number of hydrogen-bond acceptors (Lipinski definition) is 4. The number of amides is 1. The Bertz CT molecular complexity index is 1530. The minimum Gasteiger partial charge on any atom is -0.352 e. The maximum Gasteiger partial charge on any atom is 0.226 e. The van der Waals surface area contributed by atoms with Gasteiger partial charge in [-0.05, 0) is 105 Å². The Labute approximate surface area is 235 Å². The molecule has 7 nitrogen and oxygen atoms in total. The van der Waals surface area contributed by atoms with Crippen LogP contribution < -0.4 is 10.6 Å². The molecule has 0 spiro atoms. The Morgan fingerprint density at radius 2 is 1.77 bits per heavy atom. The molecule has 0 aliphatic carbocycles. The van der Waals surface area contributed by atoms with Crippen LogP contribution in [0.4, 0.5) is 5.69 Å². The van der Waals surface area contributed by atoms with Gasteiger partial charge in [-0.3, -0.25) is 9.78 Å².